The predicted octanol–water partition coefficient (Wildman–Crippen LogP) is 4.43. The highest BCUT2D eigenvalue weighted by Gasteiger charge is 2.23. The Morgan fingerprint density at radius 1 is 1.24 bits per heavy atom. The molecule has 0 aliphatic carbocycles. The Kier molecular flexibility index (Phi) is 7.18. The van der Waals surface area contributed by atoms with E-state index in [0.717, 1.165) is 12.2 Å². The fourth-order valence-corrected chi connectivity index (χ4v) is 4.96. The molecule has 0 saturated carbocycles. The van der Waals surface area contributed by atoms with Gasteiger partial charge in [0, 0.05) is 28.8 Å². The van der Waals surface area contributed by atoms with Gasteiger partial charge in [-0.05, 0) is 18.9 Å². The maximum atomic E-state index is 12.9. The molecule has 2 aromatic carbocycles. The maximum Gasteiger partial charge on any atom is 0.270 e. The minimum absolute atomic E-state index is 0.0231. The van der Waals surface area contributed by atoms with Crippen molar-refractivity contribution in [3.8, 4) is 11.3 Å². The summed E-state index contributed by atoms with van der Waals surface area (Å²) in [6.45, 7) is 1.71. The third kappa shape index (κ3) is 5.41. The first-order chi connectivity index (χ1) is 16.4. The molecule has 0 aliphatic rings. The zero-order chi connectivity index (χ0) is 24.1. The van der Waals surface area contributed by atoms with Crippen LogP contribution in [0.1, 0.15) is 18.5 Å². The third-order valence-corrected chi connectivity index (χ3v) is 6.71. The minimum atomic E-state index is -0.667. The Bertz CT molecular complexity index is 1310. The van der Waals surface area contributed by atoms with Gasteiger partial charge in [-0.15, -0.1) is 21.5 Å². The number of nitrogens with zero attached hydrogens (tertiary/aromatic N) is 5. The minimum Gasteiger partial charge on any atom is -0.368 e. The van der Waals surface area contributed by atoms with E-state index in [1.165, 1.54) is 40.8 Å². The van der Waals surface area contributed by atoms with E-state index in [1.54, 1.807) is 29.0 Å². The number of carbonyl (C=O) groups is 1. The number of thiazole rings is 1. The molecule has 1 atom stereocenters. The van der Waals surface area contributed by atoms with Crippen LogP contribution in [0.25, 0.3) is 11.3 Å². The van der Waals surface area contributed by atoms with Crippen LogP contribution in [-0.2, 0) is 11.2 Å². The molecule has 3 N–H and O–H groups in total. The smallest absolute Gasteiger partial charge is 0.270 e. The van der Waals surface area contributed by atoms with Crippen LogP contribution in [0.5, 0.6) is 0 Å². The van der Waals surface area contributed by atoms with Crippen LogP contribution < -0.4 is 11.1 Å². The van der Waals surface area contributed by atoms with Crippen molar-refractivity contribution in [2.45, 2.75) is 24.5 Å². The molecule has 2 aromatic heterocycles. The van der Waals surface area contributed by atoms with Crippen molar-refractivity contribution >= 4 is 45.8 Å². The average Bonchev–Trinajstić information content (AvgIpc) is 3.46. The lowest BCUT2D eigenvalue weighted by atomic mass is 10.1. The number of carbonyl (C=O) groups excluding carboxylic acids is 1. The van der Waals surface area contributed by atoms with Gasteiger partial charge in [-0.3, -0.25) is 19.5 Å². The number of aryl methyl sites for hydroxylation is 1. The number of nitro benzene ring substituents is 1. The molecule has 10 nitrogen and oxygen atoms in total. The fourth-order valence-electron chi connectivity index (χ4n) is 3.23. The number of nitrogens with one attached hydrogen (secondary N) is 1. The molecule has 0 fully saturated rings. The van der Waals surface area contributed by atoms with Crippen molar-refractivity contribution in [2.75, 3.05) is 16.8 Å². The monoisotopic (exact) mass is 495 g/mol. The number of anilines is 2. The SMILES string of the molecule is CC(C(=O)Nc1nc(-c2cccc([N+](=O)[O-])c2)cs1)n1c(N)nnc1SCCc1ccccc1. The predicted molar refractivity (Wildman–Crippen MR) is 133 cm³/mol. The van der Waals surface area contributed by atoms with E-state index in [4.69, 9.17) is 5.73 Å². The molecule has 34 heavy (non-hydrogen) atoms. The second kappa shape index (κ2) is 10.4. The van der Waals surface area contributed by atoms with E-state index in [1.807, 2.05) is 18.2 Å². The van der Waals surface area contributed by atoms with E-state index in [0.29, 0.717) is 21.5 Å². The quantitative estimate of drug-likeness (QED) is 0.197. The molecule has 1 amide bonds. The second-order valence-electron chi connectivity index (χ2n) is 7.31. The zero-order valence-electron chi connectivity index (χ0n) is 18.1. The van der Waals surface area contributed by atoms with E-state index >= 15 is 0 Å². The van der Waals surface area contributed by atoms with Gasteiger partial charge in [-0.2, -0.15) is 0 Å². The number of hydrogen-bond acceptors (Lipinski definition) is 9. The number of hydrogen-bond donors (Lipinski definition) is 2. The molecule has 0 aliphatic heterocycles. The van der Waals surface area contributed by atoms with Crippen molar-refractivity contribution in [1.82, 2.24) is 19.7 Å². The van der Waals surface area contributed by atoms with E-state index < -0.39 is 11.0 Å². The Morgan fingerprint density at radius 2 is 2.03 bits per heavy atom. The van der Waals surface area contributed by atoms with Crippen LogP contribution in [0.15, 0.2) is 65.1 Å². The summed E-state index contributed by atoms with van der Waals surface area (Å²) in [7, 11) is 0. The maximum absolute atomic E-state index is 12.9. The van der Waals surface area contributed by atoms with E-state index in [2.05, 4.69) is 32.6 Å². The van der Waals surface area contributed by atoms with Gasteiger partial charge in [0.05, 0.1) is 10.6 Å². The molecule has 4 rings (SSSR count). The molecule has 0 spiro atoms. The third-order valence-electron chi connectivity index (χ3n) is 5.01. The Balaban J connectivity index is 1.42. The van der Waals surface area contributed by atoms with Crippen LogP contribution >= 0.6 is 23.1 Å². The first kappa shape index (κ1) is 23.4. The number of nitro groups is 1. The van der Waals surface area contributed by atoms with Gasteiger partial charge in [0.25, 0.3) is 5.69 Å². The van der Waals surface area contributed by atoms with Crippen molar-refractivity contribution in [3.05, 3.63) is 75.7 Å². The number of nitrogen functional groups attached to an aromatic ring is 1. The molecule has 1 unspecified atom stereocenters. The van der Waals surface area contributed by atoms with Crippen molar-refractivity contribution < 1.29 is 9.72 Å². The molecule has 174 valence electrons. The van der Waals surface area contributed by atoms with Gasteiger partial charge in [0.1, 0.15) is 6.04 Å². The molecular formula is C22H21N7O3S2. The van der Waals surface area contributed by atoms with Gasteiger partial charge in [-0.1, -0.05) is 54.2 Å². The number of rotatable bonds is 9. The standard InChI is InChI=1S/C22H21N7O3S2/c1-14(28-20(23)26-27-22(28)33-11-10-15-6-3-2-4-7-15)19(30)25-21-24-18(13-34-21)16-8-5-9-17(12-16)29(31)32/h2-9,12-14H,10-11H2,1H3,(H2,23,26)(H,24,25,30). The molecular weight excluding hydrogens is 474 g/mol. The van der Waals surface area contributed by atoms with E-state index in [-0.39, 0.29) is 17.5 Å². The summed E-state index contributed by atoms with van der Waals surface area (Å²) in [4.78, 5) is 27.9. The molecule has 0 radical (unpaired) electrons. The summed E-state index contributed by atoms with van der Waals surface area (Å²) in [5, 5.41) is 24.6. The van der Waals surface area contributed by atoms with Crippen LogP contribution in [0.3, 0.4) is 0 Å². The topological polar surface area (TPSA) is 142 Å². The van der Waals surface area contributed by atoms with Gasteiger partial charge in [-0.25, -0.2) is 4.98 Å². The second-order valence-corrected chi connectivity index (χ2v) is 9.23. The van der Waals surface area contributed by atoms with Crippen molar-refractivity contribution in [2.24, 2.45) is 0 Å². The van der Waals surface area contributed by atoms with Crippen LogP contribution in [-0.4, -0.2) is 36.3 Å². The first-order valence-electron chi connectivity index (χ1n) is 10.3. The Labute approximate surface area is 203 Å². The van der Waals surface area contributed by atoms with Gasteiger partial charge in [0.2, 0.25) is 11.9 Å². The van der Waals surface area contributed by atoms with Crippen LogP contribution in [0.4, 0.5) is 16.8 Å². The first-order valence-corrected chi connectivity index (χ1v) is 12.2. The largest absolute Gasteiger partial charge is 0.368 e. The van der Waals surface area contributed by atoms with Gasteiger partial charge >= 0.3 is 0 Å². The summed E-state index contributed by atoms with van der Waals surface area (Å²) < 4.78 is 1.60. The van der Waals surface area contributed by atoms with Crippen molar-refractivity contribution in [3.63, 3.8) is 0 Å². The summed E-state index contributed by atoms with van der Waals surface area (Å²) in [5.74, 6) is 0.591. The number of non-ortho nitro benzene ring substituents is 1. The Morgan fingerprint density at radius 3 is 2.79 bits per heavy atom. The summed E-state index contributed by atoms with van der Waals surface area (Å²) in [6, 6.07) is 15.6. The molecule has 0 bridgehead atoms. The Hall–Kier alpha value is -3.77. The van der Waals surface area contributed by atoms with E-state index in [9.17, 15) is 14.9 Å². The lowest BCUT2D eigenvalue weighted by Crippen LogP contribution is -2.25. The number of thioether (sulfide) groups is 1. The zero-order valence-corrected chi connectivity index (χ0v) is 19.8. The average molecular weight is 496 g/mol. The number of amides is 1. The lowest BCUT2D eigenvalue weighted by molar-refractivity contribution is -0.384. The number of nitrogens with two attached hydrogens (primary N) is 1. The van der Waals surface area contributed by atoms with Crippen molar-refractivity contribution in [1.29, 1.82) is 0 Å². The molecule has 4 aromatic rings. The molecule has 2 heterocycles. The van der Waals surface area contributed by atoms with Gasteiger partial charge < -0.3 is 11.1 Å². The highest BCUT2D eigenvalue weighted by atomic mass is 32.2. The number of benzene rings is 2. The lowest BCUT2D eigenvalue weighted by Gasteiger charge is -2.15. The summed E-state index contributed by atoms with van der Waals surface area (Å²) >= 11 is 2.71. The summed E-state index contributed by atoms with van der Waals surface area (Å²) in [5.41, 5.74) is 8.33. The fraction of sp³-hybridized carbons (Fsp3) is 0.182. The summed E-state index contributed by atoms with van der Waals surface area (Å²) in [6.07, 6.45) is 0.846. The van der Waals surface area contributed by atoms with Gasteiger partial charge in [0.15, 0.2) is 10.3 Å². The van der Waals surface area contributed by atoms with Crippen LogP contribution in [0, 0.1) is 10.1 Å². The molecule has 0 saturated heterocycles. The molecule has 12 heteroatoms. The number of aromatic nitrogens is 4. The highest BCUT2D eigenvalue weighted by molar-refractivity contribution is 7.99. The normalized spacial score (nSPS) is 11.8. The highest BCUT2D eigenvalue weighted by Crippen LogP contribution is 2.29. The van der Waals surface area contributed by atoms with Crippen LogP contribution in [0.2, 0.25) is 0 Å².